The van der Waals surface area contributed by atoms with E-state index >= 15 is 0 Å². The molecular formula is C27H29NO5. The summed E-state index contributed by atoms with van der Waals surface area (Å²) in [4.78, 5) is 24.1. The van der Waals surface area contributed by atoms with Crippen LogP contribution in [0.3, 0.4) is 0 Å². The number of esters is 2. The molecule has 0 aromatic heterocycles. The average Bonchev–Trinajstić information content (AvgIpc) is 2.81. The quantitative estimate of drug-likeness (QED) is 0.448. The molecule has 0 saturated carbocycles. The second-order valence-corrected chi connectivity index (χ2v) is 7.67. The molecule has 0 aliphatic rings. The monoisotopic (exact) mass is 447 g/mol. The van der Waals surface area contributed by atoms with Crippen LogP contribution in [0.2, 0.25) is 0 Å². The van der Waals surface area contributed by atoms with Crippen LogP contribution in [-0.2, 0) is 38.5 Å². The second kappa shape index (κ2) is 11.8. The van der Waals surface area contributed by atoms with Gasteiger partial charge in [-0.1, -0.05) is 36.4 Å². The van der Waals surface area contributed by atoms with Gasteiger partial charge in [-0.25, -0.2) is 0 Å². The number of ether oxygens (including phenoxy) is 2. The lowest BCUT2D eigenvalue weighted by molar-refractivity contribution is -0.141. The molecule has 0 fully saturated rings. The molecule has 6 heteroatoms. The number of hydrogen-bond acceptors (Lipinski definition) is 6. The van der Waals surface area contributed by atoms with Crippen LogP contribution in [0.15, 0.2) is 72.8 Å². The van der Waals surface area contributed by atoms with Crippen LogP contribution in [0.4, 0.5) is 17.1 Å². The van der Waals surface area contributed by atoms with Crippen molar-refractivity contribution in [3.05, 3.63) is 89.5 Å². The van der Waals surface area contributed by atoms with Crippen molar-refractivity contribution in [2.75, 3.05) is 18.1 Å². The number of anilines is 3. The molecule has 0 saturated heterocycles. The first kappa shape index (κ1) is 24.0. The first-order chi connectivity index (χ1) is 16.0. The molecule has 172 valence electrons. The number of rotatable bonds is 10. The molecule has 1 N–H and O–H groups in total. The van der Waals surface area contributed by atoms with Gasteiger partial charge >= 0.3 is 11.9 Å². The number of aliphatic hydroxyl groups is 1. The molecule has 0 heterocycles. The van der Waals surface area contributed by atoms with E-state index in [-0.39, 0.29) is 18.5 Å². The Morgan fingerprint density at radius 2 is 0.970 bits per heavy atom. The Kier molecular flexibility index (Phi) is 8.61. The van der Waals surface area contributed by atoms with E-state index in [0.717, 1.165) is 33.8 Å². The van der Waals surface area contributed by atoms with E-state index in [1.54, 1.807) is 0 Å². The number of nitrogens with zero attached hydrogens (tertiary/aromatic N) is 1. The molecule has 3 aromatic carbocycles. The summed E-state index contributed by atoms with van der Waals surface area (Å²) in [5, 5.41) is 9.40. The van der Waals surface area contributed by atoms with Gasteiger partial charge in [0.15, 0.2) is 0 Å². The Labute approximate surface area is 194 Å². The minimum absolute atomic E-state index is 0.00561. The fraction of sp³-hybridized carbons (Fsp3) is 0.259. The lowest BCUT2D eigenvalue weighted by atomic mass is 10.1. The van der Waals surface area contributed by atoms with E-state index in [9.17, 15) is 14.7 Å². The summed E-state index contributed by atoms with van der Waals surface area (Å²) in [6, 6.07) is 24.0. The molecule has 0 spiro atoms. The van der Waals surface area contributed by atoms with Crippen molar-refractivity contribution in [3.8, 4) is 0 Å². The second-order valence-electron chi connectivity index (χ2n) is 7.67. The minimum Gasteiger partial charge on any atom is -0.466 e. The Morgan fingerprint density at radius 1 is 0.636 bits per heavy atom. The van der Waals surface area contributed by atoms with Crippen molar-refractivity contribution in [3.63, 3.8) is 0 Å². The Balaban J connectivity index is 1.83. The molecule has 0 radical (unpaired) electrons. The third kappa shape index (κ3) is 7.19. The van der Waals surface area contributed by atoms with Crippen LogP contribution < -0.4 is 4.90 Å². The molecule has 3 rings (SSSR count). The van der Waals surface area contributed by atoms with Gasteiger partial charge in [0.1, 0.15) is 0 Å². The highest BCUT2D eigenvalue weighted by Crippen LogP contribution is 2.35. The largest absolute Gasteiger partial charge is 0.466 e. The predicted octanol–water partition coefficient (Wildman–Crippen LogP) is 4.86. The minimum atomic E-state index is -0.277. The zero-order valence-electron chi connectivity index (χ0n) is 19.0. The summed E-state index contributed by atoms with van der Waals surface area (Å²) in [6.07, 6.45) is 1.31. The SMILES string of the molecule is CC(=O)OCCc1ccc(N(c2ccc(CO)cc2)c2ccc(CCOC(C)=O)cc2)cc1. The van der Waals surface area contributed by atoms with Gasteiger partial charge in [0.25, 0.3) is 0 Å². The summed E-state index contributed by atoms with van der Waals surface area (Å²) in [5.41, 5.74) is 5.94. The van der Waals surface area contributed by atoms with Crippen LogP contribution in [0.25, 0.3) is 0 Å². The third-order valence-corrected chi connectivity index (χ3v) is 5.16. The molecule has 0 amide bonds. The number of hydrogen-bond donors (Lipinski definition) is 1. The maximum Gasteiger partial charge on any atom is 0.302 e. The Bertz CT molecular complexity index is 980. The van der Waals surface area contributed by atoms with Crippen LogP contribution >= 0.6 is 0 Å². The molecule has 0 bridgehead atoms. The van der Waals surface area contributed by atoms with E-state index in [1.807, 2.05) is 72.8 Å². The van der Waals surface area contributed by atoms with Gasteiger partial charge in [-0.2, -0.15) is 0 Å². The van der Waals surface area contributed by atoms with Gasteiger partial charge in [0.05, 0.1) is 19.8 Å². The van der Waals surface area contributed by atoms with Crippen LogP contribution in [0.5, 0.6) is 0 Å². The fourth-order valence-electron chi connectivity index (χ4n) is 3.45. The van der Waals surface area contributed by atoms with Crippen molar-refractivity contribution in [1.82, 2.24) is 0 Å². The summed E-state index contributed by atoms with van der Waals surface area (Å²) >= 11 is 0. The van der Waals surface area contributed by atoms with E-state index < -0.39 is 0 Å². The van der Waals surface area contributed by atoms with Crippen LogP contribution in [0, 0.1) is 0 Å². The van der Waals surface area contributed by atoms with E-state index in [2.05, 4.69) is 4.90 Å². The molecular weight excluding hydrogens is 418 g/mol. The van der Waals surface area contributed by atoms with Gasteiger partial charge in [0.2, 0.25) is 0 Å². The summed E-state index contributed by atoms with van der Waals surface area (Å²) in [6.45, 7) is 3.52. The van der Waals surface area contributed by atoms with Gasteiger partial charge < -0.3 is 19.5 Å². The molecule has 0 aliphatic carbocycles. The lowest BCUT2D eigenvalue weighted by Crippen LogP contribution is -2.10. The number of benzene rings is 3. The van der Waals surface area contributed by atoms with Crippen molar-refractivity contribution in [1.29, 1.82) is 0 Å². The van der Waals surface area contributed by atoms with E-state index in [0.29, 0.717) is 26.1 Å². The molecule has 6 nitrogen and oxygen atoms in total. The maximum atomic E-state index is 11.0. The first-order valence-electron chi connectivity index (χ1n) is 10.9. The van der Waals surface area contributed by atoms with Crippen molar-refractivity contribution < 1.29 is 24.2 Å². The first-order valence-corrected chi connectivity index (χ1v) is 10.9. The Hall–Kier alpha value is -3.64. The van der Waals surface area contributed by atoms with Crippen LogP contribution in [0.1, 0.15) is 30.5 Å². The molecule has 0 unspecified atom stereocenters. The van der Waals surface area contributed by atoms with Gasteiger partial charge in [-0.3, -0.25) is 9.59 Å². The average molecular weight is 448 g/mol. The fourth-order valence-corrected chi connectivity index (χ4v) is 3.45. The standard InChI is InChI=1S/C27H29NO5/c1-20(30)32-17-15-22-3-9-25(10-4-22)28(27-13-7-24(19-29)8-14-27)26-11-5-23(6-12-26)16-18-33-21(2)31/h3-14,29H,15-19H2,1-2H3. The molecule has 3 aromatic rings. The smallest absolute Gasteiger partial charge is 0.302 e. The summed E-state index contributed by atoms with van der Waals surface area (Å²) in [5.74, 6) is -0.555. The maximum absolute atomic E-state index is 11.0. The van der Waals surface area contributed by atoms with Crippen molar-refractivity contribution in [2.45, 2.75) is 33.3 Å². The highest BCUT2D eigenvalue weighted by atomic mass is 16.5. The van der Waals surface area contributed by atoms with E-state index in [1.165, 1.54) is 13.8 Å². The van der Waals surface area contributed by atoms with Crippen LogP contribution in [-0.4, -0.2) is 30.3 Å². The van der Waals surface area contributed by atoms with Crippen molar-refractivity contribution in [2.24, 2.45) is 0 Å². The lowest BCUT2D eigenvalue weighted by Gasteiger charge is -2.26. The third-order valence-electron chi connectivity index (χ3n) is 5.16. The Morgan fingerprint density at radius 3 is 1.27 bits per heavy atom. The topological polar surface area (TPSA) is 76.1 Å². The highest BCUT2D eigenvalue weighted by molar-refractivity contribution is 5.76. The molecule has 33 heavy (non-hydrogen) atoms. The zero-order chi connectivity index (χ0) is 23.6. The molecule has 0 atom stereocenters. The number of aliphatic hydroxyl groups excluding tert-OH is 1. The van der Waals surface area contributed by atoms with Gasteiger partial charge in [-0.15, -0.1) is 0 Å². The summed E-state index contributed by atoms with van der Waals surface area (Å²) in [7, 11) is 0. The van der Waals surface area contributed by atoms with E-state index in [4.69, 9.17) is 9.47 Å². The van der Waals surface area contributed by atoms with Gasteiger partial charge in [-0.05, 0) is 53.1 Å². The number of carbonyl (C=O) groups excluding carboxylic acids is 2. The predicted molar refractivity (Wildman–Crippen MR) is 128 cm³/mol. The zero-order valence-corrected chi connectivity index (χ0v) is 19.0. The van der Waals surface area contributed by atoms with Gasteiger partial charge in [0, 0.05) is 43.8 Å². The van der Waals surface area contributed by atoms with Crippen molar-refractivity contribution >= 4 is 29.0 Å². The summed E-state index contributed by atoms with van der Waals surface area (Å²) < 4.78 is 10.1. The normalized spacial score (nSPS) is 10.5. The molecule has 0 aliphatic heterocycles. The highest BCUT2D eigenvalue weighted by Gasteiger charge is 2.13. The number of carbonyl (C=O) groups is 2.